The fourth-order valence-electron chi connectivity index (χ4n) is 3.83. The third kappa shape index (κ3) is 3.78. The van der Waals surface area contributed by atoms with E-state index in [1.54, 1.807) is 6.26 Å². The number of esters is 2. The molecule has 2 aromatic carbocycles. The number of ether oxygens (including phenoxy) is 2. The molecule has 1 aliphatic carbocycles. The third-order valence-corrected chi connectivity index (χ3v) is 5.28. The Labute approximate surface area is 173 Å². The van der Waals surface area contributed by atoms with E-state index in [0.29, 0.717) is 5.69 Å². The Morgan fingerprint density at radius 2 is 1.57 bits per heavy atom. The van der Waals surface area contributed by atoms with E-state index < -0.39 is 11.9 Å². The van der Waals surface area contributed by atoms with Gasteiger partial charge in [0.1, 0.15) is 5.58 Å². The van der Waals surface area contributed by atoms with Crippen LogP contribution in [-0.4, -0.2) is 32.1 Å². The second-order valence-electron chi connectivity index (χ2n) is 7.24. The molecule has 0 fully saturated rings. The van der Waals surface area contributed by atoms with Gasteiger partial charge in [-0.2, -0.15) is 0 Å². The van der Waals surface area contributed by atoms with E-state index in [4.69, 9.17) is 13.9 Å². The predicted molar refractivity (Wildman–Crippen MR) is 110 cm³/mol. The fourth-order valence-corrected chi connectivity index (χ4v) is 3.83. The molecule has 0 saturated heterocycles. The molecule has 1 aromatic heterocycles. The van der Waals surface area contributed by atoms with Crippen LogP contribution >= 0.6 is 0 Å². The van der Waals surface area contributed by atoms with Gasteiger partial charge < -0.3 is 19.2 Å². The first kappa shape index (κ1) is 19.7. The van der Waals surface area contributed by atoms with E-state index >= 15 is 0 Å². The number of rotatable bonds is 5. The number of benzene rings is 2. The maximum atomic E-state index is 12.7. The molecule has 0 saturated carbocycles. The van der Waals surface area contributed by atoms with Crippen molar-refractivity contribution >= 4 is 34.5 Å². The fraction of sp³-hybridized carbons (Fsp3) is 0.261. The van der Waals surface area contributed by atoms with Crippen LogP contribution in [0.5, 0.6) is 0 Å². The summed E-state index contributed by atoms with van der Waals surface area (Å²) in [5, 5.41) is 3.67. The van der Waals surface area contributed by atoms with Gasteiger partial charge in [-0.3, -0.25) is 4.79 Å². The maximum Gasteiger partial charge on any atom is 0.337 e. The summed E-state index contributed by atoms with van der Waals surface area (Å²) < 4.78 is 15.1. The number of carbonyl (C=O) groups is 3. The summed E-state index contributed by atoms with van der Waals surface area (Å²) in [4.78, 5) is 36.5. The van der Waals surface area contributed by atoms with Gasteiger partial charge in [-0.15, -0.1) is 0 Å². The number of anilines is 1. The molecule has 3 aromatic rings. The number of amides is 1. The number of hydrogen-bond acceptors (Lipinski definition) is 6. The summed E-state index contributed by atoms with van der Waals surface area (Å²) in [5.41, 5.74) is 4.76. The zero-order valence-corrected chi connectivity index (χ0v) is 16.7. The topological polar surface area (TPSA) is 94.8 Å². The van der Waals surface area contributed by atoms with Crippen LogP contribution in [0.25, 0.3) is 11.0 Å². The van der Waals surface area contributed by atoms with E-state index in [2.05, 4.69) is 17.4 Å². The lowest BCUT2D eigenvalue weighted by molar-refractivity contribution is -0.115. The molecule has 0 atom stereocenters. The van der Waals surface area contributed by atoms with E-state index in [-0.39, 0.29) is 23.5 Å². The van der Waals surface area contributed by atoms with Gasteiger partial charge in [-0.1, -0.05) is 0 Å². The van der Waals surface area contributed by atoms with E-state index in [1.165, 1.54) is 43.5 Å². The van der Waals surface area contributed by atoms with Crippen molar-refractivity contribution in [2.45, 2.75) is 25.7 Å². The molecule has 7 heteroatoms. The van der Waals surface area contributed by atoms with Gasteiger partial charge in [-0.25, -0.2) is 9.59 Å². The second kappa shape index (κ2) is 8.02. The predicted octanol–water partition coefficient (Wildman–Crippen LogP) is 3.68. The van der Waals surface area contributed by atoms with Gasteiger partial charge >= 0.3 is 11.9 Å². The minimum Gasteiger partial charge on any atom is -0.465 e. The van der Waals surface area contributed by atoms with Gasteiger partial charge in [0.05, 0.1) is 38.0 Å². The third-order valence-electron chi connectivity index (χ3n) is 5.28. The minimum absolute atomic E-state index is 0.0990. The van der Waals surface area contributed by atoms with Crippen LogP contribution in [0.1, 0.15) is 43.8 Å². The van der Waals surface area contributed by atoms with Crippen LogP contribution in [0, 0.1) is 0 Å². The first-order valence-corrected chi connectivity index (χ1v) is 9.62. The van der Waals surface area contributed by atoms with Crippen LogP contribution < -0.4 is 5.32 Å². The summed E-state index contributed by atoms with van der Waals surface area (Å²) in [6.07, 6.45) is 4.93. The number of fused-ring (bicyclic) bond motifs is 2. The van der Waals surface area contributed by atoms with Crippen molar-refractivity contribution in [3.63, 3.8) is 0 Å². The van der Waals surface area contributed by atoms with Crippen molar-refractivity contribution in [3.8, 4) is 0 Å². The van der Waals surface area contributed by atoms with Gasteiger partial charge in [0, 0.05) is 16.6 Å². The lowest BCUT2D eigenvalue weighted by Gasteiger charge is -2.09. The molecule has 0 unspecified atom stereocenters. The molecule has 1 heterocycles. The quantitative estimate of drug-likeness (QED) is 0.649. The molecule has 4 rings (SSSR count). The highest BCUT2D eigenvalue weighted by Crippen LogP contribution is 2.30. The summed E-state index contributed by atoms with van der Waals surface area (Å²) in [6.45, 7) is 0. The number of carbonyl (C=O) groups excluding carboxylic acids is 3. The zero-order chi connectivity index (χ0) is 21.3. The van der Waals surface area contributed by atoms with Gasteiger partial charge in [-0.05, 0) is 60.7 Å². The molecule has 7 nitrogen and oxygen atoms in total. The van der Waals surface area contributed by atoms with Gasteiger partial charge in [0.15, 0.2) is 0 Å². The van der Waals surface area contributed by atoms with E-state index in [9.17, 15) is 14.4 Å². The Hall–Kier alpha value is -3.61. The Kier molecular flexibility index (Phi) is 5.27. The average molecular weight is 407 g/mol. The molecule has 1 N–H and O–H groups in total. The van der Waals surface area contributed by atoms with Crippen molar-refractivity contribution in [1.82, 2.24) is 0 Å². The lowest BCUT2D eigenvalue weighted by atomic mass is 10.0. The van der Waals surface area contributed by atoms with Crippen molar-refractivity contribution in [2.24, 2.45) is 0 Å². The molecule has 30 heavy (non-hydrogen) atoms. The molecule has 0 spiro atoms. The number of nitrogens with one attached hydrogen (secondary N) is 1. The monoisotopic (exact) mass is 407 g/mol. The summed E-state index contributed by atoms with van der Waals surface area (Å²) in [7, 11) is 2.48. The van der Waals surface area contributed by atoms with E-state index in [0.717, 1.165) is 35.8 Å². The number of methoxy groups -OCH3 is 2. The van der Waals surface area contributed by atoms with Crippen LogP contribution in [0.15, 0.2) is 41.0 Å². The molecule has 0 aliphatic heterocycles. The second-order valence-corrected chi connectivity index (χ2v) is 7.24. The number of aryl methyl sites for hydroxylation is 2. The minimum atomic E-state index is -0.620. The van der Waals surface area contributed by atoms with Crippen molar-refractivity contribution in [3.05, 3.63) is 64.4 Å². The Balaban J connectivity index is 1.57. The highest BCUT2D eigenvalue weighted by molar-refractivity contribution is 6.00. The van der Waals surface area contributed by atoms with Crippen LogP contribution in [0.2, 0.25) is 0 Å². The largest absolute Gasteiger partial charge is 0.465 e. The Morgan fingerprint density at radius 1 is 0.933 bits per heavy atom. The molecule has 1 amide bonds. The number of furan rings is 1. The molecule has 0 bridgehead atoms. The molecule has 1 aliphatic rings. The lowest BCUT2D eigenvalue weighted by Crippen LogP contribution is -2.16. The van der Waals surface area contributed by atoms with Gasteiger partial charge in [0.25, 0.3) is 0 Å². The average Bonchev–Trinajstić information content (AvgIpc) is 3.37. The Bertz CT molecular complexity index is 1130. The van der Waals surface area contributed by atoms with Crippen molar-refractivity contribution in [1.29, 1.82) is 0 Å². The summed E-state index contributed by atoms with van der Waals surface area (Å²) in [5.74, 6) is -1.53. The summed E-state index contributed by atoms with van der Waals surface area (Å²) in [6, 6.07) is 8.43. The van der Waals surface area contributed by atoms with Gasteiger partial charge in [0.2, 0.25) is 5.91 Å². The van der Waals surface area contributed by atoms with E-state index in [1.807, 2.05) is 0 Å². The molecule has 0 radical (unpaired) electrons. The highest BCUT2D eigenvalue weighted by atomic mass is 16.5. The van der Waals surface area contributed by atoms with Crippen LogP contribution in [0.4, 0.5) is 5.69 Å². The Morgan fingerprint density at radius 3 is 2.20 bits per heavy atom. The number of hydrogen-bond donors (Lipinski definition) is 1. The first-order valence-electron chi connectivity index (χ1n) is 9.62. The van der Waals surface area contributed by atoms with Crippen molar-refractivity contribution < 1.29 is 28.3 Å². The molecular weight excluding hydrogens is 386 g/mol. The SMILES string of the molecule is COC(=O)c1cc(NC(=O)Cc2coc3cc4c(cc23)CCC4)cc(C(=O)OC)c1. The van der Waals surface area contributed by atoms with Crippen LogP contribution in [-0.2, 0) is 33.5 Å². The van der Waals surface area contributed by atoms with Crippen molar-refractivity contribution in [2.75, 3.05) is 19.5 Å². The maximum absolute atomic E-state index is 12.7. The molecule has 154 valence electrons. The highest BCUT2D eigenvalue weighted by Gasteiger charge is 2.18. The van der Waals surface area contributed by atoms with Crippen LogP contribution in [0.3, 0.4) is 0 Å². The molecular formula is C23H21NO6. The normalized spacial score (nSPS) is 12.5. The first-order chi connectivity index (χ1) is 14.5. The summed E-state index contributed by atoms with van der Waals surface area (Å²) >= 11 is 0. The smallest absolute Gasteiger partial charge is 0.337 e. The standard InChI is InChI=1S/C23H21NO6/c1-28-22(26)15-6-16(23(27)29-2)8-18(7-15)24-21(25)11-17-12-30-20-10-14-5-3-4-13(14)9-19(17)20/h6-10,12H,3-5,11H2,1-2H3,(H,24,25). The zero-order valence-electron chi connectivity index (χ0n) is 16.7.